The predicted molar refractivity (Wildman–Crippen MR) is 98.1 cm³/mol. The first kappa shape index (κ1) is 25.2. The molecule has 0 bridgehead atoms. The van der Waals surface area contributed by atoms with Gasteiger partial charge in [0, 0.05) is 19.4 Å². The molecule has 1 aliphatic rings. The molecule has 3 N–H and O–H groups in total. The van der Waals surface area contributed by atoms with Crippen LogP contribution in [0.4, 0.5) is 18.9 Å². The number of anilines is 1. The number of carbonyl (C=O) groups excluding carboxylic acids is 1. The zero-order chi connectivity index (χ0) is 22.7. The van der Waals surface area contributed by atoms with Crippen molar-refractivity contribution in [2.24, 2.45) is 5.92 Å². The Morgan fingerprint density at radius 2 is 1.63 bits per heavy atom. The molecule has 1 fully saturated rings. The summed E-state index contributed by atoms with van der Waals surface area (Å²) in [6.07, 6.45) is -2.74. The molecule has 1 aliphatic heterocycles. The van der Waals surface area contributed by atoms with Crippen molar-refractivity contribution in [3.63, 3.8) is 0 Å². The van der Waals surface area contributed by atoms with Crippen LogP contribution in [0.3, 0.4) is 0 Å². The van der Waals surface area contributed by atoms with Gasteiger partial charge in [-0.2, -0.15) is 0 Å². The Kier molecular flexibility index (Phi) is 10.1. The van der Waals surface area contributed by atoms with Crippen LogP contribution in [0.15, 0.2) is 24.3 Å². The third kappa shape index (κ3) is 10.6. The van der Waals surface area contributed by atoms with Gasteiger partial charge in [0.1, 0.15) is 5.75 Å². The zero-order valence-electron chi connectivity index (χ0n) is 16.1. The van der Waals surface area contributed by atoms with Crippen molar-refractivity contribution < 1.29 is 47.2 Å². The van der Waals surface area contributed by atoms with Crippen LogP contribution in [0.1, 0.15) is 12.8 Å². The quantitative estimate of drug-likeness (QED) is 0.579. The van der Waals surface area contributed by atoms with Crippen LogP contribution in [-0.2, 0) is 19.1 Å². The lowest BCUT2D eigenvalue weighted by atomic mass is 9.98. The molecule has 1 saturated heterocycles. The Hall–Kier alpha value is -2.86. The lowest BCUT2D eigenvalue weighted by Gasteiger charge is -2.30. The number of ether oxygens (including phenoxy) is 2. The van der Waals surface area contributed by atoms with Gasteiger partial charge in [0.25, 0.3) is 0 Å². The standard InChI is InChI=1S/C16H21F3N2O3.C2H2O4/c1-23-11-12-6-8-21(9-7-12)10-15(22)20-13-2-4-14(5-3-13)24-16(17,18)19;3-1(4)2(5)6/h2-5,12H,6-11H2,1H3,(H,20,22);(H,3,4)(H,5,6). The molecule has 0 aliphatic carbocycles. The Morgan fingerprint density at radius 3 is 2.07 bits per heavy atom. The minimum atomic E-state index is -4.72. The zero-order valence-corrected chi connectivity index (χ0v) is 16.1. The third-order valence-corrected chi connectivity index (χ3v) is 4.03. The number of nitrogens with one attached hydrogen (secondary N) is 1. The number of hydrogen-bond donors (Lipinski definition) is 3. The molecule has 0 saturated carbocycles. The Labute approximate surface area is 170 Å². The fourth-order valence-electron chi connectivity index (χ4n) is 2.69. The smallest absolute Gasteiger partial charge is 0.473 e. The molecule has 1 amide bonds. The van der Waals surface area contributed by atoms with E-state index in [2.05, 4.69) is 15.0 Å². The number of hydrogen-bond acceptors (Lipinski definition) is 6. The van der Waals surface area contributed by atoms with Crippen molar-refractivity contribution >= 4 is 23.5 Å². The van der Waals surface area contributed by atoms with E-state index in [1.54, 1.807) is 7.11 Å². The van der Waals surface area contributed by atoms with Gasteiger partial charge in [0.05, 0.1) is 6.54 Å². The summed E-state index contributed by atoms with van der Waals surface area (Å²) in [6, 6.07) is 5.09. The van der Waals surface area contributed by atoms with Crippen molar-refractivity contribution in [2.45, 2.75) is 19.2 Å². The first-order valence-electron chi connectivity index (χ1n) is 8.83. The van der Waals surface area contributed by atoms with Crippen molar-refractivity contribution in [1.82, 2.24) is 4.90 Å². The van der Waals surface area contributed by atoms with E-state index in [0.717, 1.165) is 32.5 Å². The molecule has 12 heteroatoms. The summed E-state index contributed by atoms with van der Waals surface area (Å²) in [5, 5.41) is 17.5. The number of piperidine rings is 1. The summed E-state index contributed by atoms with van der Waals surface area (Å²) in [5.41, 5.74) is 0.434. The lowest BCUT2D eigenvalue weighted by molar-refractivity contribution is -0.274. The van der Waals surface area contributed by atoms with Crippen LogP contribution < -0.4 is 10.1 Å². The average molecular weight is 436 g/mol. The summed E-state index contributed by atoms with van der Waals surface area (Å²) in [4.78, 5) is 32.3. The third-order valence-electron chi connectivity index (χ3n) is 4.03. The van der Waals surface area contributed by atoms with E-state index in [1.807, 2.05) is 0 Å². The van der Waals surface area contributed by atoms with Crippen molar-refractivity contribution in [2.75, 3.05) is 38.7 Å². The number of likely N-dealkylation sites (tertiary alicyclic amines) is 1. The second-order valence-electron chi connectivity index (χ2n) is 6.41. The number of methoxy groups -OCH3 is 1. The van der Waals surface area contributed by atoms with Crippen LogP contribution in [0.25, 0.3) is 0 Å². The molecule has 0 radical (unpaired) electrons. The minimum absolute atomic E-state index is 0.190. The molecule has 168 valence electrons. The van der Waals surface area contributed by atoms with Crippen LogP contribution in [-0.4, -0.2) is 72.7 Å². The first-order chi connectivity index (χ1) is 14.0. The van der Waals surface area contributed by atoms with Gasteiger partial charge in [-0.1, -0.05) is 0 Å². The highest BCUT2D eigenvalue weighted by Gasteiger charge is 2.31. The molecule has 9 nitrogen and oxygen atoms in total. The second-order valence-corrected chi connectivity index (χ2v) is 6.41. The molecule has 1 heterocycles. The van der Waals surface area contributed by atoms with Gasteiger partial charge >= 0.3 is 18.3 Å². The van der Waals surface area contributed by atoms with E-state index in [4.69, 9.17) is 24.5 Å². The molecule has 0 spiro atoms. The highest BCUT2D eigenvalue weighted by Crippen LogP contribution is 2.24. The second kappa shape index (κ2) is 12.0. The van der Waals surface area contributed by atoms with E-state index < -0.39 is 18.3 Å². The number of alkyl halides is 3. The Bertz CT molecular complexity index is 691. The normalized spacial score (nSPS) is 14.9. The number of amides is 1. The van der Waals surface area contributed by atoms with Crippen LogP contribution in [0, 0.1) is 5.92 Å². The van der Waals surface area contributed by atoms with E-state index in [9.17, 15) is 18.0 Å². The fraction of sp³-hybridized carbons (Fsp3) is 0.500. The first-order valence-corrected chi connectivity index (χ1v) is 8.83. The van der Waals surface area contributed by atoms with Gasteiger partial charge in [-0.15, -0.1) is 13.2 Å². The van der Waals surface area contributed by atoms with Gasteiger partial charge in [-0.25, -0.2) is 9.59 Å². The van der Waals surface area contributed by atoms with Crippen LogP contribution in [0.2, 0.25) is 0 Å². The minimum Gasteiger partial charge on any atom is -0.473 e. The fourth-order valence-corrected chi connectivity index (χ4v) is 2.69. The molecule has 0 aromatic heterocycles. The maximum Gasteiger partial charge on any atom is 0.573 e. The van der Waals surface area contributed by atoms with Gasteiger partial charge in [-0.3, -0.25) is 9.69 Å². The molecule has 0 unspecified atom stereocenters. The Balaban J connectivity index is 0.000000656. The van der Waals surface area contributed by atoms with Gasteiger partial charge < -0.3 is 25.0 Å². The molecule has 0 atom stereocenters. The number of carboxylic acid groups (broad SMARTS) is 2. The molecule has 2 rings (SSSR count). The van der Waals surface area contributed by atoms with Crippen molar-refractivity contribution in [1.29, 1.82) is 0 Å². The van der Waals surface area contributed by atoms with Gasteiger partial charge in [0.2, 0.25) is 5.91 Å². The summed E-state index contributed by atoms with van der Waals surface area (Å²) in [5.74, 6) is -3.62. The molecule has 30 heavy (non-hydrogen) atoms. The van der Waals surface area contributed by atoms with E-state index in [1.165, 1.54) is 24.3 Å². The highest BCUT2D eigenvalue weighted by atomic mass is 19.4. The number of halogens is 3. The maximum absolute atomic E-state index is 12.1. The number of benzene rings is 1. The topological polar surface area (TPSA) is 125 Å². The molecule has 1 aromatic carbocycles. The largest absolute Gasteiger partial charge is 0.573 e. The number of aliphatic carboxylic acids is 2. The van der Waals surface area contributed by atoms with E-state index >= 15 is 0 Å². The van der Waals surface area contributed by atoms with Crippen LogP contribution in [0.5, 0.6) is 5.75 Å². The van der Waals surface area contributed by atoms with Crippen molar-refractivity contribution in [3.05, 3.63) is 24.3 Å². The lowest BCUT2D eigenvalue weighted by Crippen LogP contribution is -2.40. The molecule has 1 aromatic rings. The molecular formula is C18H23F3N2O7. The summed E-state index contributed by atoms with van der Waals surface area (Å²) in [7, 11) is 1.69. The SMILES string of the molecule is COCC1CCN(CC(=O)Nc2ccc(OC(F)(F)F)cc2)CC1.O=C(O)C(=O)O. The van der Waals surface area contributed by atoms with Crippen molar-refractivity contribution in [3.8, 4) is 5.75 Å². The molecular weight excluding hydrogens is 413 g/mol. The average Bonchev–Trinajstić information content (AvgIpc) is 2.64. The van der Waals surface area contributed by atoms with Gasteiger partial charge in [0.15, 0.2) is 0 Å². The van der Waals surface area contributed by atoms with Crippen LogP contribution >= 0.6 is 0 Å². The summed E-state index contributed by atoms with van der Waals surface area (Å²) < 4.78 is 45.2. The number of carbonyl (C=O) groups is 3. The van der Waals surface area contributed by atoms with Gasteiger partial charge in [-0.05, 0) is 56.1 Å². The van der Waals surface area contributed by atoms with E-state index in [-0.39, 0.29) is 18.2 Å². The number of rotatable bonds is 6. The van der Waals surface area contributed by atoms with E-state index in [0.29, 0.717) is 11.6 Å². The number of carboxylic acids is 2. The number of nitrogens with zero attached hydrogens (tertiary/aromatic N) is 1. The summed E-state index contributed by atoms with van der Waals surface area (Å²) >= 11 is 0. The Morgan fingerprint density at radius 1 is 1.10 bits per heavy atom. The predicted octanol–water partition coefficient (Wildman–Crippen LogP) is 2.04. The summed E-state index contributed by atoms with van der Waals surface area (Å²) in [6.45, 7) is 2.67. The highest BCUT2D eigenvalue weighted by molar-refractivity contribution is 6.27. The maximum atomic E-state index is 12.1. The monoisotopic (exact) mass is 436 g/mol.